The molecule has 0 aliphatic rings. The molecule has 0 bridgehead atoms. The van der Waals surface area contributed by atoms with E-state index in [2.05, 4.69) is 21.8 Å². The molecule has 4 heteroatoms. The summed E-state index contributed by atoms with van der Waals surface area (Å²) in [7, 11) is 1.86. The molecule has 0 radical (unpaired) electrons. The minimum Gasteiger partial charge on any atom is -0.373 e. The maximum absolute atomic E-state index is 7.55. The monoisotopic (exact) mass is 180 g/mol. The van der Waals surface area contributed by atoms with E-state index >= 15 is 0 Å². The molecule has 0 unspecified atom stereocenters. The van der Waals surface area contributed by atoms with Gasteiger partial charge in [-0.3, -0.25) is 0 Å². The lowest BCUT2D eigenvalue weighted by molar-refractivity contribution is 0.736. The van der Waals surface area contributed by atoms with Gasteiger partial charge in [-0.15, -0.1) is 0 Å². The maximum Gasteiger partial charge on any atom is 0.135 e. The lowest BCUT2D eigenvalue weighted by Gasteiger charge is -2.06. The molecule has 0 aliphatic heterocycles. The van der Waals surface area contributed by atoms with Crippen molar-refractivity contribution in [3.8, 4) is 0 Å². The highest BCUT2D eigenvalue weighted by molar-refractivity contribution is 5.99. The highest BCUT2D eigenvalue weighted by Crippen LogP contribution is 2.17. The molecule has 72 valence electrons. The number of hydrogen-bond donors (Lipinski definition) is 2. The highest BCUT2D eigenvalue weighted by Gasteiger charge is 2.13. The zero-order chi connectivity index (χ0) is 10.0. The molecule has 1 aromatic rings. The van der Waals surface area contributed by atoms with Crippen LogP contribution in [-0.2, 0) is 6.54 Å². The molecule has 0 aliphatic carbocycles. The Balaban J connectivity index is 3.29. The minimum absolute atomic E-state index is 0.500. The maximum atomic E-state index is 7.55. The van der Waals surface area contributed by atoms with Gasteiger partial charge in [-0.25, -0.2) is 4.98 Å². The van der Waals surface area contributed by atoms with Gasteiger partial charge in [0.15, 0.2) is 0 Å². The van der Waals surface area contributed by atoms with Gasteiger partial charge in [0.25, 0.3) is 0 Å². The van der Waals surface area contributed by atoms with Gasteiger partial charge in [-0.1, -0.05) is 0 Å². The molecule has 2 N–H and O–H groups in total. The van der Waals surface area contributed by atoms with E-state index in [1.54, 1.807) is 6.92 Å². The molecule has 0 aromatic carbocycles. The second-order valence-corrected chi connectivity index (χ2v) is 2.98. The molecule has 0 atom stereocenters. The molecule has 0 saturated heterocycles. The van der Waals surface area contributed by atoms with Crippen LogP contribution in [0.25, 0.3) is 0 Å². The van der Waals surface area contributed by atoms with Gasteiger partial charge < -0.3 is 15.3 Å². The van der Waals surface area contributed by atoms with Crippen LogP contribution in [0.2, 0.25) is 0 Å². The van der Waals surface area contributed by atoms with E-state index < -0.39 is 0 Å². The van der Waals surface area contributed by atoms with Crippen molar-refractivity contribution in [2.75, 3.05) is 12.4 Å². The third kappa shape index (κ3) is 1.56. The first-order valence-electron chi connectivity index (χ1n) is 4.42. The number of hydrogen-bond acceptors (Lipinski definition) is 3. The Labute approximate surface area is 78.5 Å². The highest BCUT2D eigenvalue weighted by atomic mass is 15.2. The van der Waals surface area contributed by atoms with E-state index in [0.29, 0.717) is 5.71 Å². The normalized spacial score (nSPS) is 10.2. The lowest BCUT2D eigenvalue weighted by atomic mass is 10.3. The first-order chi connectivity index (χ1) is 6.11. The fourth-order valence-corrected chi connectivity index (χ4v) is 1.47. The van der Waals surface area contributed by atoms with Crippen LogP contribution in [0.5, 0.6) is 0 Å². The Kier molecular flexibility index (Phi) is 2.70. The van der Waals surface area contributed by atoms with E-state index in [1.807, 2.05) is 14.0 Å². The largest absolute Gasteiger partial charge is 0.373 e. The molecule has 1 rings (SSSR count). The van der Waals surface area contributed by atoms with Gasteiger partial charge in [-0.05, 0) is 20.8 Å². The summed E-state index contributed by atoms with van der Waals surface area (Å²) < 4.78 is 2.06. The molecule has 4 nitrogen and oxygen atoms in total. The van der Waals surface area contributed by atoms with E-state index in [4.69, 9.17) is 5.41 Å². The molecular weight excluding hydrogens is 164 g/mol. The quantitative estimate of drug-likeness (QED) is 0.695. The minimum atomic E-state index is 0.500. The zero-order valence-corrected chi connectivity index (χ0v) is 8.60. The van der Waals surface area contributed by atoms with Crippen LogP contribution >= 0.6 is 0 Å². The number of anilines is 1. The Bertz CT molecular complexity index is 325. The summed E-state index contributed by atoms with van der Waals surface area (Å²) in [5.74, 6) is 1.89. The predicted octanol–water partition coefficient (Wildman–Crippen LogP) is 1.64. The second-order valence-electron chi connectivity index (χ2n) is 2.98. The number of nitrogens with zero attached hydrogens (tertiary/aromatic N) is 2. The van der Waals surface area contributed by atoms with Gasteiger partial charge in [0.1, 0.15) is 17.3 Å². The van der Waals surface area contributed by atoms with Crippen LogP contribution in [0, 0.1) is 12.3 Å². The molecular formula is C9H16N4. The average molecular weight is 180 g/mol. The molecule has 0 amide bonds. The fourth-order valence-electron chi connectivity index (χ4n) is 1.47. The number of imidazole rings is 1. The third-order valence-electron chi connectivity index (χ3n) is 2.07. The van der Waals surface area contributed by atoms with Crippen LogP contribution in [0.15, 0.2) is 0 Å². The van der Waals surface area contributed by atoms with Gasteiger partial charge in [0, 0.05) is 13.6 Å². The number of aryl methyl sites for hydroxylation is 1. The summed E-state index contributed by atoms with van der Waals surface area (Å²) in [4.78, 5) is 4.33. The van der Waals surface area contributed by atoms with Crippen molar-refractivity contribution in [3.63, 3.8) is 0 Å². The first-order valence-corrected chi connectivity index (χ1v) is 4.42. The summed E-state index contributed by atoms with van der Waals surface area (Å²) in [5.41, 5.74) is 1.25. The Morgan fingerprint density at radius 2 is 2.23 bits per heavy atom. The lowest BCUT2D eigenvalue weighted by Crippen LogP contribution is -2.05. The molecule has 1 aromatic heterocycles. The van der Waals surface area contributed by atoms with E-state index in [0.717, 1.165) is 23.9 Å². The fraction of sp³-hybridized carbons (Fsp3) is 0.556. The number of rotatable bonds is 3. The van der Waals surface area contributed by atoms with Crippen LogP contribution in [0.3, 0.4) is 0 Å². The van der Waals surface area contributed by atoms with Crippen molar-refractivity contribution in [1.29, 1.82) is 5.41 Å². The molecule has 0 saturated carbocycles. The Hall–Kier alpha value is -1.32. The zero-order valence-electron chi connectivity index (χ0n) is 8.60. The topological polar surface area (TPSA) is 53.7 Å². The summed E-state index contributed by atoms with van der Waals surface area (Å²) in [6, 6.07) is 0. The van der Waals surface area contributed by atoms with Crippen LogP contribution < -0.4 is 5.32 Å². The SMILES string of the molecule is CCn1c(C)nc(C(C)=N)c1NC. The standard InChI is InChI=1S/C9H16N4/c1-5-13-7(3)12-8(6(2)10)9(13)11-4/h10-11H,5H2,1-4H3. The van der Waals surface area contributed by atoms with Gasteiger partial charge in [-0.2, -0.15) is 0 Å². The molecule has 0 fully saturated rings. The Morgan fingerprint density at radius 3 is 2.62 bits per heavy atom. The van der Waals surface area contributed by atoms with Gasteiger partial charge in [0.05, 0.1) is 5.71 Å². The van der Waals surface area contributed by atoms with E-state index in [-0.39, 0.29) is 0 Å². The van der Waals surface area contributed by atoms with Crippen molar-refractivity contribution >= 4 is 11.5 Å². The van der Waals surface area contributed by atoms with Crippen molar-refractivity contribution in [3.05, 3.63) is 11.5 Å². The summed E-state index contributed by atoms with van der Waals surface area (Å²) in [6.45, 7) is 6.65. The Morgan fingerprint density at radius 1 is 1.62 bits per heavy atom. The smallest absolute Gasteiger partial charge is 0.135 e. The number of aromatic nitrogens is 2. The van der Waals surface area contributed by atoms with E-state index in [1.165, 1.54) is 0 Å². The van der Waals surface area contributed by atoms with Gasteiger partial charge >= 0.3 is 0 Å². The van der Waals surface area contributed by atoms with E-state index in [9.17, 15) is 0 Å². The predicted molar refractivity (Wildman–Crippen MR) is 54.7 cm³/mol. The van der Waals surface area contributed by atoms with Crippen LogP contribution in [-0.4, -0.2) is 22.3 Å². The summed E-state index contributed by atoms with van der Waals surface area (Å²) >= 11 is 0. The van der Waals surface area contributed by atoms with Crippen LogP contribution in [0.1, 0.15) is 25.4 Å². The van der Waals surface area contributed by atoms with Crippen molar-refractivity contribution in [2.24, 2.45) is 0 Å². The molecule has 0 spiro atoms. The summed E-state index contributed by atoms with van der Waals surface area (Å²) in [5, 5.41) is 10.6. The van der Waals surface area contributed by atoms with Crippen molar-refractivity contribution in [1.82, 2.24) is 9.55 Å². The first kappa shape index (κ1) is 9.77. The molecule has 1 heterocycles. The molecule has 13 heavy (non-hydrogen) atoms. The van der Waals surface area contributed by atoms with Crippen LogP contribution in [0.4, 0.5) is 5.82 Å². The average Bonchev–Trinajstić information content (AvgIpc) is 2.41. The van der Waals surface area contributed by atoms with Gasteiger partial charge in [0.2, 0.25) is 0 Å². The second kappa shape index (κ2) is 3.60. The van der Waals surface area contributed by atoms with Crippen molar-refractivity contribution in [2.45, 2.75) is 27.3 Å². The third-order valence-corrected chi connectivity index (χ3v) is 2.07. The van der Waals surface area contributed by atoms with Crippen molar-refractivity contribution < 1.29 is 0 Å². The number of nitrogens with one attached hydrogen (secondary N) is 2. The summed E-state index contributed by atoms with van der Waals surface area (Å²) in [6.07, 6.45) is 0.